The average Bonchev–Trinajstić information content (AvgIpc) is 2.44. The van der Waals surface area contributed by atoms with E-state index in [1.165, 1.54) is 0 Å². The number of nitrogens with one attached hydrogen (secondary N) is 1. The molecule has 1 N–H and O–H groups in total. The summed E-state index contributed by atoms with van der Waals surface area (Å²) in [5.74, 6) is 0.622. The van der Waals surface area contributed by atoms with Crippen molar-refractivity contribution in [1.82, 2.24) is 0 Å². The summed E-state index contributed by atoms with van der Waals surface area (Å²) >= 11 is 11.9. The third kappa shape index (κ3) is 3.57. The molecule has 0 radical (unpaired) electrons. The highest BCUT2D eigenvalue weighted by Gasteiger charge is 2.05. The fraction of sp³-hybridized carbons (Fsp3) is 0.133. The fourth-order valence-corrected chi connectivity index (χ4v) is 2.39. The van der Waals surface area contributed by atoms with Crippen LogP contribution in [0.5, 0.6) is 5.75 Å². The summed E-state index contributed by atoms with van der Waals surface area (Å²) in [4.78, 5) is 0. The highest BCUT2D eigenvalue weighted by Crippen LogP contribution is 2.26. The van der Waals surface area contributed by atoms with E-state index in [0.717, 1.165) is 11.3 Å². The molecule has 102 valence electrons. The van der Waals surface area contributed by atoms with E-state index in [4.69, 9.17) is 33.2 Å². The average molecular weight is 307 g/mol. The van der Waals surface area contributed by atoms with Crippen molar-refractivity contribution >= 4 is 28.9 Å². The van der Waals surface area contributed by atoms with Crippen molar-refractivity contribution < 1.29 is 4.74 Å². The molecule has 2 aromatic carbocycles. The number of halogens is 2. The van der Waals surface area contributed by atoms with Gasteiger partial charge in [-0.2, -0.15) is 5.26 Å². The molecule has 0 amide bonds. The molecule has 5 heteroatoms. The van der Waals surface area contributed by atoms with Crippen LogP contribution in [-0.4, -0.2) is 7.11 Å². The van der Waals surface area contributed by atoms with Gasteiger partial charge in [0, 0.05) is 22.7 Å². The number of nitriles is 1. The second kappa shape index (κ2) is 6.51. The van der Waals surface area contributed by atoms with Crippen molar-refractivity contribution in [3.63, 3.8) is 0 Å². The molecule has 0 aliphatic heterocycles. The van der Waals surface area contributed by atoms with Gasteiger partial charge in [0.1, 0.15) is 5.75 Å². The molecule has 2 aromatic rings. The lowest BCUT2D eigenvalue weighted by molar-refractivity contribution is 0.416. The maximum atomic E-state index is 8.86. The Balaban J connectivity index is 2.16. The van der Waals surface area contributed by atoms with Crippen molar-refractivity contribution in [1.29, 1.82) is 5.26 Å². The summed E-state index contributed by atoms with van der Waals surface area (Å²) < 4.78 is 5.26. The first-order valence-corrected chi connectivity index (χ1v) is 6.65. The van der Waals surface area contributed by atoms with Gasteiger partial charge < -0.3 is 10.1 Å². The van der Waals surface area contributed by atoms with Crippen LogP contribution in [-0.2, 0) is 6.54 Å². The third-order valence-corrected chi connectivity index (χ3v) is 3.17. The van der Waals surface area contributed by atoms with E-state index in [-0.39, 0.29) is 0 Å². The summed E-state index contributed by atoms with van der Waals surface area (Å²) in [5.41, 5.74) is 2.33. The number of hydrogen-bond acceptors (Lipinski definition) is 3. The number of anilines is 1. The molecule has 0 heterocycles. The maximum Gasteiger partial charge on any atom is 0.143 e. The standard InChI is InChI=1S/C15H12Cl2N2O/c1-20-15-6-10(8-18)2-3-14(15)19-9-11-4-12(16)7-13(17)5-11/h2-7,19H,9H2,1H3. The van der Waals surface area contributed by atoms with Gasteiger partial charge in [0.15, 0.2) is 0 Å². The monoisotopic (exact) mass is 306 g/mol. The van der Waals surface area contributed by atoms with Gasteiger partial charge in [-0.15, -0.1) is 0 Å². The van der Waals surface area contributed by atoms with Gasteiger partial charge in [0.25, 0.3) is 0 Å². The maximum absolute atomic E-state index is 8.86. The molecule has 0 bridgehead atoms. The number of ether oxygens (including phenoxy) is 1. The Labute approximate surface area is 127 Å². The first kappa shape index (κ1) is 14.5. The minimum atomic E-state index is 0.554. The Hall–Kier alpha value is -1.89. The molecule has 0 aliphatic carbocycles. The summed E-state index contributed by atoms with van der Waals surface area (Å²) in [6, 6.07) is 12.7. The second-order valence-electron chi connectivity index (χ2n) is 4.16. The summed E-state index contributed by atoms with van der Waals surface area (Å²) in [6.07, 6.45) is 0. The van der Waals surface area contributed by atoms with E-state index in [0.29, 0.717) is 27.9 Å². The van der Waals surface area contributed by atoms with Gasteiger partial charge in [0.2, 0.25) is 0 Å². The normalized spacial score (nSPS) is 9.90. The molecule has 0 spiro atoms. The molecule has 0 saturated heterocycles. The van der Waals surface area contributed by atoms with Gasteiger partial charge in [-0.05, 0) is 35.9 Å². The number of methoxy groups -OCH3 is 1. The van der Waals surface area contributed by atoms with E-state index in [1.54, 1.807) is 25.3 Å². The Bertz CT molecular complexity index is 645. The number of rotatable bonds is 4. The second-order valence-corrected chi connectivity index (χ2v) is 5.03. The van der Waals surface area contributed by atoms with Crippen LogP contribution in [0.3, 0.4) is 0 Å². The quantitative estimate of drug-likeness (QED) is 0.905. The Kier molecular flexibility index (Phi) is 4.73. The first-order valence-electron chi connectivity index (χ1n) is 5.89. The van der Waals surface area contributed by atoms with Crippen LogP contribution in [0.25, 0.3) is 0 Å². The van der Waals surface area contributed by atoms with Crippen LogP contribution in [0.1, 0.15) is 11.1 Å². The largest absolute Gasteiger partial charge is 0.495 e. The molecule has 20 heavy (non-hydrogen) atoms. The molecule has 0 unspecified atom stereocenters. The van der Waals surface area contributed by atoms with Gasteiger partial charge in [0.05, 0.1) is 24.4 Å². The lowest BCUT2D eigenvalue weighted by Crippen LogP contribution is -2.01. The highest BCUT2D eigenvalue weighted by molar-refractivity contribution is 6.34. The molecular weight excluding hydrogens is 295 g/mol. The van der Waals surface area contributed by atoms with Crippen LogP contribution >= 0.6 is 23.2 Å². The number of hydrogen-bond donors (Lipinski definition) is 1. The molecule has 0 atom stereocenters. The first-order chi connectivity index (χ1) is 9.62. The van der Waals surface area contributed by atoms with E-state index in [2.05, 4.69) is 11.4 Å². The predicted octanol–water partition coefficient (Wildman–Crippen LogP) is 4.49. The molecule has 0 fully saturated rings. The Morgan fingerprint density at radius 3 is 2.45 bits per heavy atom. The van der Waals surface area contributed by atoms with Crippen LogP contribution < -0.4 is 10.1 Å². The Morgan fingerprint density at radius 2 is 1.85 bits per heavy atom. The number of nitrogens with zero attached hydrogens (tertiary/aromatic N) is 1. The van der Waals surface area contributed by atoms with Crippen molar-refractivity contribution in [2.24, 2.45) is 0 Å². The zero-order chi connectivity index (χ0) is 14.5. The van der Waals surface area contributed by atoms with Crippen LogP contribution in [0, 0.1) is 11.3 Å². The summed E-state index contributed by atoms with van der Waals surface area (Å²) in [5, 5.41) is 13.3. The van der Waals surface area contributed by atoms with E-state index < -0.39 is 0 Å². The molecule has 2 rings (SSSR count). The summed E-state index contributed by atoms with van der Waals surface area (Å²) in [7, 11) is 1.57. The SMILES string of the molecule is COc1cc(C#N)ccc1NCc1cc(Cl)cc(Cl)c1. The smallest absolute Gasteiger partial charge is 0.143 e. The lowest BCUT2D eigenvalue weighted by atomic mass is 10.2. The third-order valence-electron chi connectivity index (χ3n) is 2.74. The van der Waals surface area contributed by atoms with Gasteiger partial charge in [-0.25, -0.2) is 0 Å². The minimum absolute atomic E-state index is 0.554. The van der Waals surface area contributed by atoms with E-state index in [9.17, 15) is 0 Å². The zero-order valence-corrected chi connectivity index (χ0v) is 12.3. The molecule has 0 aromatic heterocycles. The molecule has 0 aliphatic rings. The summed E-state index contributed by atoms with van der Waals surface area (Å²) in [6.45, 7) is 0.558. The van der Waals surface area contributed by atoms with Crippen molar-refractivity contribution in [2.75, 3.05) is 12.4 Å². The van der Waals surface area contributed by atoms with Crippen LogP contribution in [0.15, 0.2) is 36.4 Å². The molecular formula is C15H12Cl2N2O. The topological polar surface area (TPSA) is 45.0 Å². The number of benzene rings is 2. The van der Waals surface area contributed by atoms with Gasteiger partial charge in [-0.3, -0.25) is 0 Å². The van der Waals surface area contributed by atoms with Crippen molar-refractivity contribution in [2.45, 2.75) is 6.54 Å². The van der Waals surface area contributed by atoms with Crippen molar-refractivity contribution in [3.05, 3.63) is 57.6 Å². The van der Waals surface area contributed by atoms with Crippen LogP contribution in [0.4, 0.5) is 5.69 Å². The van der Waals surface area contributed by atoms with Gasteiger partial charge in [-0.1, -0.05) is 23.2 Å². The Morgan fingerprint density at radius 1 is 1.15 bits per heavy atom. The fourth-order valence-electron chi connectivity index (χ4n) is 1.82. The van der Waals surface area contributed by atoms with Crippen LogP contribution in [0.2, 0.25) is 10.0 Å². The van der Waals surface area contributed by atoms with Gasteiger partial charge >= 0.3 is 0 Å². The minimum Gasteiger partial charge on any atom is -0.495 e. The highest BCUT2D eigenvalue weighted by atomic mass is 35.5. The van der Waals surface area contributed by atoms with E-state index >= 15 is 0 Å². The van der Waals surface area contributed by atoms with E-state index in [1.807, 2.05) is 18.2 Å². The molecule has 3 nitrogen and oxygen atoms in total. The van der Waals surface area contributed by atoms with Crippen molar-refractivity contribution in [3.8, 4) is 11.8 Å². The molecule has 0 saturated carbocycles. The zero-order valence-electron chi connectivity index (χ0n) is 10.8. The lowest BCUT2D eigenvalue weighted by Gasteiger charge is -2.12. The predicted molar refractivity (Wildman–Crippen MR) is 81.5 cm³/mol.